The molecule has 0 aliphatic heterocycles. The Kier molecular flexibility index (Phi) is 14.3. The van der Waals surface area contributed by atoms with Crippen LogP contribution in [0.2, 0.25) is 0 Å². The van der Waals surface area contributed by atoms with Crippen molar-refractivity contribution in [3.63, 3.8) is 0 Å². The minimum absolute atomic E-state index is 0.195. The Morgan fingerprint density at radius 3 is 1.56 bits per heavy atom. The fourth-order valence-electron chi connectivity index (χ4n) is 3.42. The zero-order valence-electron chi connectivity index (χ0n) is 18.5. The van der Waals surface area contributed by atoms with E-state index in [0.29, 0.717) is 29.7 Å². The number of hydrogen-bond donors (Lipinski definition) is 2. The molecule has 5 nitrogen and oxygen atoms in total. The lowest BCUT2D eigenvalue weighted by Gasteiger charge is -2.30. The Bertz CT molecular complexity index is 409. The fraction of sp³-hybridized carbons (Fsp3) is 1.00. The van der Waals surface area contributed by atoms with Gasteiger partial charge < -0.3 is 10.6 Å². The third kappa shape index (κ3) is 10.5. The number of rotatable bonds is 18. The van der Waals surface area contributed by atoms with E-state index in [2.05, 4.69) is 52.2 Å². The van der Waals surface area contributed by atoms with Crippen LogP contribution in [0.4, 0.5) is 0 Å². The van der Waals surface area contributed by atoms with Crippen molar-refractivity contribution in [3.8, 4) is 0 Å². The first-order valence-corrected chi connectivity index (χ1v) is 13.6. The van der Waals surface area contributed by atoms with Crippen LogP contribution in [-0.2, 0) is 13.3 Å². The molecule has 0 unspecified atom stereocenters. The summed E-state index contributed by atoms with van der Waals surface area (Å²) in [6.45, 7) is 16.6. The van der Waals surface area contributed by atoms with Crippen molar-refractivity contribution in [2.24, 2.45) is 10.8 Å². The van der Waals surface area contributed by atoms with E-state index in [1.165, 1.54) is 0 Å². The van der Waals surface area contributed by atoms with Crippen molar-refractivity contribution >= 4 is 19.9 Å². The van der Waals surface area contributed by atoms with Gasteiger partial charge in [-0.05, 0) is 60.1 Å². The topological polar surface area (TPSA) is 67.4 Å². The Morgan fingerprint density at radius 1 is 0.741 bits per heavy atom. The summed E-state index contributed by atoms with van der Waals surface area (Å²) in [6, 6.07) is 0. The van der Waals surface area contributed by atoms with Crippen LogP contribution in [-0.4, -0.2) is 47.0 Å². The SMILES string of the molecule is CCC(CC)(CC)CNCCOS(=O)(=O)SCCNCC(CC)(CC)CC. The van der Waals surface area contributed by atoms with E-state index < -0.39 is 9.15 Å². The molecule has 0 aliphatic rings. The first-order valence-electron chi connectivity index (χ1n) is 10.7. The van der Waals surface area contributed by atoms with Gasteiger partial charge in [0.25, 0.3) is 0 Å². The summed E-state index contributed by atoms with van der Waals surface area (Å²) >= 11 is 0. The van der Waals surface area contributed by atoms with Crippen molar-refractivity contribution < 1.29 is 12.6 Å². The van der Waals surface area contributed by atoms with Gasteiger partial charge in [0, 0.05) is 31.9 Å². The van der Waals surface area contributed by atoms with Gasteiger partial charge in [-0.1, -0.05) is 41.5 Å². The maximum atomic E-state index is 12.0. The molecule has 0 amide bonds. The van der Waals surface area contributed by atoms with Gasteiger partial charge in [0.1, 0.15) is 0 Å². The van der Waals surface area contributed by atoms with Crippen LogP contribution in [0.5, 0.6) is 0 Å². The molecule has 27 heavy (non-hydrogen) atoms. The van der Waals surface area contributed by atoms with Gasteiger partial charge >= 0.3 is 9.15 Å². The molecule has 2 N–H and O–H groups in total. The molecule has 0 aromatic carbocycles. The zero-order chi connectivity index (χ0) is 20.8. The molecular formula is C20H44N2O3S2. The first-order chi connectivity index (χ1) is 12.8. The van der Waals surface area contributed by atoms with Crippen molar-refractivity contribution in [2.45, 2.75) is 80.1 Å². The molecule has 0 aromatic rings. The second-order valence-corrected chi connectivity index (χ2v) is 11.2. The highest BCUT2D eigenvalue weighted by Gasteiger charge is 2.24. The lowest BCUT2D eigenvalue weighted by atomic mass is 9.80. The Labute approximate surface area is 172 Å². The molecule has 0 radical (unpaired) electrons. The molecule has 164 valence electrons. The third-order valence-electron chi connectivity index (χ3n) is 6.51. The normalized spacial score (nSPS) is 13.3. The van der Waals surface area contributed by atoms with Crippen LogP contribution in [0, 0.1) is 10.8 Å². The summed E-state index contributed by atoms with van der Waals surface area (Å²) in [5, 5.41) is 6.76. The van der Waals surface area contributed by atoms with Crippen LogP contribution in [0.25, 0.3) is 0 Å². The average molecular weight is 425 g/mol. The molecule has 0 atom stereocenters. The Balaban J connectivity index is 3.99. The van der Waals surface area contributed by atoms with Crippen molar-refractivity contribution in [2.75, 3.05) is 38.5 Å². The van der Waals surface area contributed by atoms with Crippen LogP contribution < -0.4 is 10.6 Å². The highest BCUT2D eigenvalue weighted by Crippen LogP contribution is 2.30. The van der Waals surface area contributed by atoms with Crippen LogP contribution >= 0.6 is 10.8 Å². The van der Waals surface area contributed by atoms with Crippen LogP contribution in [0.15, 0.2) is 0 Å². The van der Waals surface area contributed by atoms with Gasteiger partial charge in [-0.25, -0.2) is 0 Å². The predicted molar refractivity (Wildman–Crippen MR) is 120 cm³/mol. The molecule has 0 spiro atoms. The average Bonchev–Trinajstić information content (AvgIpc) is 2.68. The van der Waals surface area contributed by atoms with Gasteiger partial charge in [0.15, 0.2) is 0 Å². The third-order valence-corrected chi connectivity index (χ3v) is 9.28. The smallest absolute Gasteiger partial charge is 0.315 e. The Hall–Kier alpha value is 0.180. The largest absolute Gasteiger partial charge is 0.322 e. The second-order valence-electron chi connectivity index (χ2n) is 7.53. The van der Waals surface area contributed by atoms with E-state index in [9.17, 15) is 8.42 Å². The van der Waals surface area contributed by atoms with Crippen molar-refractivity contribution in [1.29, 1.82) is 0 Å². The second kappa shape index (κ2) is 14.2. The van der Waals surface area contributed by atoms with E-state index in [4.69, 9.17) is 4.18 Å². The van der Waals surface area contributed by atoms with Gasteiger partial charge in [0.05, 0.1) is 6.61 Å². The highest BCUT2D eigenvalue weighted by atomic mass is 33.1. The monoisotopic (exact) mass is 424 g/mol. The summed E-state index contributed by atoms with van der Waals surface area (Å²) in [4.78, 5) is 0. The standard InChI is InChI=1S/C20H44N2O3S2/c1-7-19(8-2,9-3)17-21-13-15-25-27(23,24)26-16-14-22-18-20(10-4,11-5)12-6/h21-22H,7-18H2,1-6H3. The highest BCUT2D eigenvalue weighted by molar-refractivity contribution is 8.70. The van der Waals surface area contributed by atoms with Gasteiger partial charge in [-0.15, -0.1) is 0 Å². The predicted octanol–water partition coefficient (Wildman–Crippen LogP) is 4.59. The molecular weight excluding hydrogens is 380 g/mol. The Morgan fingerprint density at radius 2 is 1.15 bits per heavy atom. The lowest BCUT2D eigenvalue weighted by molar-refractivity contribution is 0.229. The summed E-state index contributed by atoms with van der Waals surface area (Å²) in [5.41, 5.74) is 0.639. The molecule has 0 fully saturated rings. The van der Waals surface area contributed by atoms with Crippen LogP contribution in [0.3, 0.4) is 0 Å². The van der Waals surface area contributed by atoms with Crippen LogP contribution in [0.1, 0.15) is 80.1 Å². The van der Waals surface area contributed by atoms with Gasteiger partial charge in [-0.3, -0.25) is 4.18 Å². The molecule has 0 saturated heterocycles. The molecule has 0 saturated carbocycles. The molecule has 0 aliphatic carbocycles. The molecule has 0 rings (SSSR count). The molecule has 0 aromatic heterocycles. The zero-order valence-corrected chi connectivity index (χ0v) is 20.2. The number of nitrogens with one attached hydrogen (secondary N) is 2. The number of hydrogen-bond acceptors (Lipinski definition) is 6. The van der Waals surface area contributed by atoms with Gasteiger partial charge in [-0.2, -0.15) is 8.42 Å². The minimum Gasteiger partial charge on any atom is -0.315 e. The fourth-order valence-corrected chi connectivity index (χ4v) is 5.48. The summed E-state index contributed by atoms with van der Waals surface area (Å²) in [5.74, 6) is 0.508. The van der Waals surface area contributed by atoms with E-state index in [1.807, 2.05) is 0 Å². The van der Waals surface area contributed by atoms with E-state index >= 15 is 0 Å². The maximum Gasteiger partial charge on any atom is 0.322 e. The first kappa shape index (κ1) is 27.2. The van der Waals surface area contributed by atoms with Crippen molar-refractivity contribution in [3.05, 3.63) is 0 Å². The summed E-state index contributed by atoms with van der Waals surface area (Å²) in [6.07, 6.45) is 6.82. The summed E-state index contributed by atoms with van der Waals surface area (Å²) < 4.78 is 29.0. The minimum atomic E-state index is -3.51. The van der Waals surface area contributed by atoms with Crippen molar-refractivity contribution in [1.82, 2.24) is 10.6 Å². The molecule has 0 heterocycles. The van der Waals surface area contributed by atoms with E-state index in [1.54, 1.807) is 0 Å². The summed E-state index contributed by atoms with van der Waals surface area (Å²) in [7, 11) is -2.62. The lowest BCUT2D eigenvalue weighted by Crippen LogP contribution is -2.35. The molecule has 7 heteroatoms. The quantitative estimate of drug-likeness (QED) is 0.248. The van der Waals surface area contributed by atoms with Gasteiger partial charge in [0.2, 0.25) is 0 Å². The van der Waals surface area contributed by atoms with E-state index in [0.717, 1.165) is 62.4 Å². The molecule has 0 bridgehead atoms. The van der Waals surface area contributed by atoms with E-state index in [-0.39, 0.29) is 6.61 Å². The maximum absolute atomic E-state index is 12.0.